The molecular weight excluding hydrogens is 266 g/mol. The van der Waals surface area contributed by atoms with E-state index >= 15 is 0 Å². The second-order valence-electron chi connectivity index (χ2n) is 5.84. The Balaban J connectivity index is 1.67. The van der Waals surface area contributed by atoms with Crippen LogP contribution in [0.1, 0.15) is 44.1 Å². The molecule has 1 heterocycles. The third-order valence-electron chi connectivity index (χ3n) is 4.28. The van der Waals surface area contributed by atoms with Gasteiger partial charge in [0.2, 0.25) is 5.91 Å². The monoisotopic (exact) mass is 289 g/mol. The molecule has 1 aromatic rings. The van der Waals surface area contributed by atoms with Gasteiger partial charge in [-0.15, -0.1) is 0 Å². The molecule has 0 aromatic heterocycles. The predicted molar refractivity (Wildman–Crippen MR) is 80.8 cm³/mol. The van der Waals surface area contributed by atoms with Crippen LogP contribution in [-0.2, 0) is 4.79 Å². The number of fused-ring (bicyclic) bond motifs is 1. The molecule has 114 valence electrons. The minimum atomic E-state index is 0.131. The Bertz CT molecular complexity index is 511. The van der Waals surface area contributed by atoms with Crippen molar-refractivity contribution in [1.82, 2.24) is 5.32 Å². The van der Waals surface area contributed by atoms with Crippen LogP contribution in [-0.4, -0.2) is 25.7 Å². The van der Waals surface area contributed by atoms with Gasteiger partial charge in [-0.3, -0.25) is 4.79 Å². The van der Waals surface area contributed by atoms with E-state index in [9.17, 15) is 4.79 Å². The molecule has 0 radical (unpaired) electrons. The van der Waals surface area contributed by atoms with Crippen molar-refractivity contribution >= 4 is 5.91 Å². The summed E-state index contributed by atoms with van der Waals surface area (Å²) in [6, 6.07) is 6.29. The quantitative estimate of drug-likeness (QED) is 0.876. The first-order valence-corrected chi connectivity index (χ1v) is 7.94. The van der Waals surface area contributed by atoms with E-state index in [-0.39, 0.29) is 5.91 Å². The van der Waals surface area contributed by atoms with Crippen molar-refractivity contribution in [1.29, 1.82) is 0 Å². The molecule has 0 spiro atoms. The fourth-order valence-corrected chi connectivity index (χ4v) is 2.96. The summed E-state index contributed by atoms with van der Waals surface area (Å²) >= 11 is 0. The highest BCUT2D eigenvalue weighted by Gasteiger charge is 2.32. The maximum atomic E-state index is 11.4. The van der Waals surface area contributed by atoms with Crippen LogP contribution in [0.4, 0.5) is 0 Å². The summed E-state index contributed by atoms with van der Waals surface area (Å²) in [6.45, 7) is 3.88. The van der Waals surface area contributed by atoms with Crippen molar-refractivity contribution in [3.63, 3.8) is 0 Å². The van der Waals surface area contributed by atoms with Gasteiger partial charge >= 0.3 is 0 Å². The topological polar surface area (TPSA) is 47.6 Å². The van der Waals surface area contributed by atoms with Crippen LogP contribution in [0.5, 0.6) is 11.5 Å². The van der Waals surface area contributed by atoms with Gasteiger partial charge in [0.15, 0.2) is 11.5 Å². The van der Waals surface area contributed by atoms with Gasteiger partial charge in [0.05, 0.1) is 0 Å². The first-order chi connectivity index (χ1) is 10.3. The Morgan fingerprint density at radius 2 is 2.05 bits per heavy atom. The molecule has 1 amide bonds. The SMILES string of the molecule is CCC(=O)NCCC(c1ccc2c(c1)OCCO2)C1CC1. The highest BCUT2D eigenvalue weighted by molar-refractivity contribution is 5.75. The van der Waals surface area contributed by atoms with Crippen molar-refractivity contribution in [2.45, 2.75) is 38.5 Å². The fraction of sp³-hybridized carbons (Fsp3) is 0.588. The number of amides is 1. The third-order valence-corrected chi connectivity index (χ3v) is 4.28. The average Bonchev–Trinajstić information content (AvgIpc) is 3.35. The summed E-state index contributed by atoms with van der Waals surface area (Å²) in [6.07, 6.45) is 4.13. The van der Waals surface area contributed by atoms with Gasteiger partial charge < -0.3 is 14.8 Å². The van der Waals surface area contributed by atoms with Crippen molar-refractivity contribution in [2.75, 3.05) is 19.8 Å². The van der Waals surface area contributed by atoms with E-state index in [2.05, 4.69) is 17.4 Å². The van der Waals surface area contributed by atoms with Crippen LogP contribution in [0, 0.1) is 5.92 Å². The molecule has 4 heteroatoms. The lowest BCUT2D eigenvalue weighted by atomic mass is 9.90. The number of carbonyl (C=O) groups excluding carboxylic acids is 1. The molecule has 1 unspecified atom stereocenters. The largest absolute Gasteiger partial charge is 0.486 e. The number of benzene rings is 1. The van der Waals surface area contributed by atoms with Gasteiger partial charge in [-0.2, -0.15) is 0 Å². The van der Waals surface area contributed by atoms with E-state index in [0.29, 0.717) is 25.6 Å². The molecule has 1 aromatic carbocycles. The van der Waals surface area contributed by atoms with Gasteiger partial charge in [-0.1, -0.05) is 13.0 Å². The van der Waals surface area contributed by atoms with Gasteiger partial charge in [0, 0.05) is 13.0 Å². The summed E-state index contributed by atoms with van der Waals surface area (Å²) < 4.78 is 11.3. The van der Waals surface area contributed by atoms with Crippen LogP contribution in [0.25, 0.3) is 0 Å². The van der Waals surface area contributed by atoms with Crippen molar-refractivity contribution in [3.05, 3.63) is 23.8 Å². The predicted octanol–water partition coefficient (Wildman–Crippen LogP) is 2.87. The Labute approximate surface area is 125 Å². The number of ether oxygens (including phenoxy) is 2. The van der Waals surface area contributed by atoms with Crippen LogP contribution < -0.4 is 14.8 Å². The molecule has 3 rings (SSSR count). The number of hydrogen-bond donors (Lipinski definition) is 1. The third kappa shape index (κ3) is 3.49. The van der Waals surface area contributed by atoms with Gasteiger partial charge in [-0.05, 0) is 48.8 Å². The maximum Gasteiger partial charge on any atom is 0.219 e. The zero-order valence-electron chi connectivity index (χ0n) is 12.6. The maximum absolute atomic E-state index is 11.4. The molecule has 1 N–H and O–H groups in total. The molecule has 4 nitrogen and oxygen atoms in total. The molecule has 1 atom stereocenters. The normalized spacial score (nSPS) is 18.1. The summed E-state index contributed by atoms with van der Waals surface area (Å²) in [5.41, 5.74) is 1.31. The summed E-state index contributed by atoms with van der Waals surface area (Å²) in [5.74, 6) is 3.11. The first-order valence-electron chi connectivity index (χ1n) is 7.94. The standard InChI is InChI=1S/C17H23NO3/c1-2-17(19)18-8-7-14(12-3-4-12)13-5-6-15-16(11-13)21-10-9-20-15/h5-6,11-12,14H,2-4,7-10H2,1H3,(H,18,19). The first kappa shape index (κ1) is 14.2. The zero-order valence-corrected chi connectivity index (χ0v) is 12.6. The minimum Gasteiger partial charge on any atom is -0.486 e. The molecule has 1 aliphatic heterocycles. The van der Waals surface area contributed by atoms with E-state index in [1.165, 1.54) is 18.4 Å². The van der Waals surface area contributed by atoms with Crippen LogP contribution in [0.3, 0.4) is 0 Å². The van der Waals surface area contributed by atoms with Crippen molar-refractivity contribution in [3.8, 4) is 11.5 Å². The van der Waals surface area contributed by atoms with E-state index < -0.39 is 0 Å². The van der Waals surface area contributed by atoms with Crippen molar-refractivity contribution < 1.29 is 14.3 Å². The summed E-state index contributed by atoms with van der Waals surface area (Å²) in [7, 11) is 0. The smallest absolute Gasteiger partial charge is 0.219 e. The van der Waals surface area contributed by atoms with Gasteiger partial charge in [0.1, 0.15) is 13.2 Å². The second-order valence-corrected chi connectivity index (χ2v) is 5.84. The molecule has 2 aliphatic rings. The van der Waals surface area contributed by atoms with E-state index in [1.54, 1.807) is 0 Å². The Morgan fingerprint density at radius 1 is 1.29 bits per heavy atom. The number of nitrogens with one attached hydrogen (secondary N) is 1. The van der Waals surface area contributed by atoms with Crippen molar-refractivity contribution in [2.24, 2.45) is 5.92 Å². The van der Waals surface area contributed by atoms with Gasteiger partial charge in [-0.25, -0.2) is 0 Å². The molecule has 1 fully saturated rings. The second kappa shape index (κ2) is 6.37. The minimum absolute atomic E-state index is 0.131. The van der Waals surface area contributed by atoms with Gasteiger partial charge in [0.25, 0.3) is 0 Å². The fourth-order valence-electron chi connectivity index (χ4n) is 2.96. The lowest BCUT2D eigenvalue weighted by Gasteiger charge is -2.22. The molecule has 1 saturated carbocycles. The van der Waals surface area contributed by atoms with Crippen LogP contribution in [0.2, 0.25) is 0 Å². The van der Waals surface area contributed by atoms with Crippen LogP contribution in [0.15, 0.2) is 18.2 Å². The lowest BCUT2D eigenvalue weighted by molar-refractivity contribution is -0.120. The highest BCUT2D eigenvalue weighted by Crippen LogP contribution is 2.46. The average molecular weight is 289 g/mol. The lowest BCUT2D eigenvalue weighted by Crippen LogP contribution is -2.25. The summed E-state index contributed by atoms with van der Waals surface area (Å²) in [5, 5.41) is 2.98. The van der Waals surface area contributed by atoms with E-state index in [4.69, 9.17) is 9.47 Å². The number of hydrogen-bond acceptors (Lipinski definition) is 3. The Morgan fingerprint density at radius 3 is 2.76 bits per heavy atom. The Hall–Kier alpha value is -1.71. The zero-order chi connectivity index (χ0) is 14.7. The summed E-state index contributed by atoms with van der Waals surface area (Å²) in [4.78, 5) is 11.4. The molecule has 0 saturated heterocycles. The highest BCUT2D eigenvalue weighted by atomic mass is 16.6. The number of rotatable bonds is 6. The van der Waals surface area contributed by atoms with E-state index in [0.717, 1.165) is 30.4 Å². The number of carbonyl (C=O) groups is 1. The van der Waals surface area contributed by atoms with E-state index in [1.807, 2.05) is 13.0 Å². The molecule has 21 heavy (non-hydrogen) atoms. The molecular formula is C17H23NO3. The molecule has 0 bridgehead atoms. The van der Waals surface area contributed by atoms with Crippen LogP contribution >= 0.6 is 0 Å². The Kier molecular flexibility index (Phi) is 4.32. The molecule has 1 aliphatic carbocycles.